The van der Waals surface area contributed by atoms with E-state index < -0.39 is 0 Å². The molecule has 0 atom stereocenters. The molecule has 0 radical (unpaired) electrons. The van der Waals surface area contributed by atoms with Crippen molar-refractivity contribution in [2.24, 2.45) is 0 Å². The number of aromatic nitrogens is 3. The first kappa shape index (κ1) is 16.7. The van der Waals surface area contributed by atoms with Gasteiger partial charge >= 0.3 is 0 Å². The van der Waals surface area contributed by atoms with E-state index in [2.05, 4.69) is 20.7 Å². The van der Waals surface area contributed by atoms with Crippen LogP contribution in [0.15, 0.2) is 60.8 Å². The molecular formula is C17H15ClN6O. The van der Waals surface area contributed by atoms with Crippen molar-refractivity contribution in [1.29, 1.82) is 5.41 Å². The van der Waals surface area contributed by atoms with Crippen molar-refractivity contribution in [3.05, 3.63) is 71.4 Å². The smallest absolute Gasteiger partial charge is 0.262 e. The fraction of sp³-hybridized carbons (Fsp3) is 0.0588. The van der Waals surface area contributed by atoms with Crippen LogP contribution in [0.25, 0.3) is 5.65 Å². The minimum Gasteiger partial charge on any atom is -0.340 e. The summed E-state index contributed by atoms with van der Waals surface area (Å²) in [5.74, 6) is -0.0540. The molecule has 0 spiro atoms. The van der Waals surface area contributed by atoms with Crippen LogP contribution in [-0.4, -0.2) is 26.2 Å². The summed E-state index contributed by atoms with van der Waals surface area (Å²) < 4.78 is 1.52. The maximum absolute atomic E-state index is 12.6. The Morgan fingerprint density at radius 3 is 2.88 bits per heavy atom. The maximum Gasteiger partial charge on any atom is 0.262 e. The van der Waals surface area contributed by atoms with Gasteiger partial charge in [0.15, 0.2) is 5.65 Å². The second-order valence-corrected chi connectivity index (χ2v) is 5.65. The molecule has 3 N–H and O–H groups in total. The number of carbonyl (C=O) groups is 1. The number of nitrogens with one attached hydrogen (secondary N) is 3. The number of halogens is 1. The number of hydrogen-bond acceptors (Lipinski definition) is 5. The molecule has 0 aliphatic carbocycles. The lowest BCUT2D eigenvalue weighted by molar-refractivity contribution is 0.0968. The van der Waals surface area contributed by atoms with Gasteiger partial charge in [0, 0.05) is 18.1 Å². The molecule has 2 aromatic heterocycles. The van der Waals surface area contributed by atoms with Crippen molar-refractivity contribution in [3.63, 3.8) is 0 Å². The summed E-state index contributed by atoms with van der Waals surface area (Å²) in [5.41, 5.74) is 1.67. The summed E-state index contributed by atoms with van der Waals surface area (Å²) >= 11 is 6.14. The third-order valence-corrected chi connectivity index (χ3v) is 3.61. The molecule has 25 heavy (non-hydrogen) atoms. The Bertz CT molecular complexity index is 978. The van der Waals surface area contributed by atoms with Crippen molar-refractivity contribution in [2.75, 3.05) is 5.32 Å². The lowest BCUT2D eigenvalue weighted by atomic mass is 10.3. The fourth-order valence-corrected chi connectivity index (χ4v) is 2.39. The third kappa shape index (κ3) is 3.84. The number of fused-ring (bicyclic) bond motifs is 1. The van der Waals surface area contributed by atoms with Crippen LogP contribution in [0.1, 0.15) is 17.3 Å². The maximum atomic E-state index is 12.6. The molecule has 126 valence electrons. The van der Waals surface area contributed by atoms with E-state index in [9.17, 15) is 4.79 Å². The number of rotatable bonds is 5. The SMILES string of the molecule is CC(=N)/C=C(/NC(=O)c1cnn2cccnc12)Nc1ccccc1Cl. The highest BCUT2D eigenvalue weighted by Gasteiger charge is 2.15. The molecule has 3 aromatic rings. The van der Waals surface area contributed by atoms with Gasteiger partial charge in [-0.05, 0) is 31.2 Å². The van der Waals surface area contributed by atoms with Crippen LogP contribution in [0.2, 0.25) is 5.02 Å². The minimum absolute atomic E-state index is 0.271. The number of carbonyl (C=O) groups excluding carboxylic acids is 1. The summed E-state index contributed by atoms with van der Waals surface area (Å²) in [5, 5.41) is 18.0. The summed E-state index contributed by atoms with van der Waals surface area (Å²) in [4.78, 5) is 16.8. The largest absolute Gasteiger partial charge is 0.340 e. The standard InChI is InChI=1S/C17H15ClN6O/c1-11(19)9-15(22-14-6-3-2-5-13(14)18)23-17(25)12-10-21-24-8-4-7-20-16(12)24/h2-10,19,22H,1H3,(H,23,25)/b15-9+,19-11?. The van der Waals surface area contributed by atoms with Crippen molar-refractivity contribution in [3.8, 4) is 0 Å². The summed E-state index contributed by atoms with van der Waals surface area (Å²) in [7, 11) is 0. The number of nitrogens with zero attached hydrogens (tertiary/aromatic N) is 3. The van der Waals surface area contributed by atoms with E-state index >= 15 is 0 Å². The number of hydrogen-bond donors (Lipinski definition) is 3. The zero-order valence-electron chi connectivity index (χ0n) is 13.3. The lowest BCUT2D eigenvalue weighted by Crippen LogP contribution is -2.27. The van der Waals surface area contributed by atoms with Gasteiger partial charge in [0.25, 0.3) is 5.91 Å². The van der Waals surface area contributed by atoms with E-state index in [0.29, 0.717) is 27.7 Å². The minimum atomic E-state index is -0.388. The molecule has 0 saturated heterocycles. The Hall–Kier alpha value is -3.19. The first-order valence-electron chi connectivity index (χ1n) is 7.42. The van der Waals surface area contributed by atoms with E-state index in [0.717, 1.165) is 0 Å². The Morgan fingerprint density at radius 1 is 1.32 bits per heavy atom. The van der Waals surface area contributed by atoms with Crippen molar-refractivity contribution in [2.45, 2.75) is 6.92 Å². The van der Waals surface area contributed by atoms with Crippen molar-refractivity contribution < 1.29 is 4.79 Å². The third-order valence-electron chi connectivity index (χ3n) is 3.28. The molecule has 0 unspecified atom stereocenters. The zero-order valence-corrected chi connectivity index (χ0v) is 14.1. The number of benzene rings is 1. The molecule has 7 nitrogen and oxygen atoms in total. The van der Waals surface area contributed by atoms with Crippen LogP contribution >= 0.6 is 11.6 Å². The molecule has 8 heteroatoms. The second-order valence-electron chi connectivity index (χ2n) is 5.25. The van der Waals surface area contributed by atoms with Crippen LogP contribution in [0.3, 0.4) is 0 Å². The molecule has 0 fully saturated rings. The van der Waals surface area contributed by atoms with E-state index in [1.807, 2.05) is 12.1 Å². The fourth-order valence-electron chi connectivity index (χ4n) is 2.20. The van der Waals surface area contributed by atoms with Crippen LogP contribution in [0.4, 0.5) is 5.69 Å². The highest BCUT2D eigenvalue weighted by Crippen LogP contribution is 2.21. The Labute approximate surface area is 148 Å². The zero-order chi connectivity index (χ0) is 17.8. The molecule has 0 aliphatic rings. The Balaban J connectivity index is 1.87. The van der Waals surface area contributed by atoms with Gasteiger partial charge in [0.1, 0.15) is 11.4 Å². The predicted octanol–water partition coefficient (Wildman–Crippen LogP) is 3.11. The highest BCUT2D eigenvalue weighted by atomic mass is 35.5. The van der Waals surface area contributed by atoms with Gasteiger partial charge in [0.05, 0.1) is 16.9 Å². The lowest BCUT2D eigenvalue weighted by Gasteiger charge is -2.13. The molecular weight excluding hydrogens is 340 g/mol. The van der Waals surface area contributed by atoms with Crippen LogP contribution in [-0.2, 0) is 0 Å². The molecule has 2 heterocycles. The summed E-state index contributed by atoms with van der Waals surface area (Å²) in [6.07, 6.45) is 6.25. The topological polar surface area (TPSA) is 95.2 Å². The van der Waals surface area contributed by atoms with Crippen molar-refractivity contribution in [1.82, 2.24) is 19.9 Å². The van der Waals surface area contributed by atoms with E-state index in [1.165, 1.54) is 16.8 Å². The van der Waals surface area contributed by atoms with Gasteiger partial charge in [-0.25, -0.2) is 9.50 Å². The first-order chi connectivity index (χ1) is 12.0. The Morgan fingerprint density at radius 2 is 2.12 bits per heavy atom. The number of anilines is 1. The highest BCUT2D eigenvalue weighted by molar-refractivity contribution is 6.33. The second kappa shape index (κ2) is 7.14. The number of amides is 1. The number of allylic oxidation sites excluding steroid dienone is 1. The van der Waals surface area contributed by atoms with E-state index in [-0.39, 0.29) is 11.6 Å². The Kier molecular flexibility index (Phi) is 4.76. The van der Waals surface area contributed by atoms with E-state index in [1.54, 1.807) is 37.5 Å². The quantitative estimate of drug-likeness (QED) is 0.613. The van der Waals surface area contributed by atoms with Crippen LogP contribution in [0.5, 0.6) is 0 Å². The average molecular weight is 355 g/mol. The molecule has 1 amide bonds. The van der Waals surface area contributed by atoms with Crippen molar-refractivity contribution >= 4 is 34.6 Å². The predicted molar refractivity (Wildman–Crippen MR) is 97.0 cm³/mol. The molecule has 0 aliphatic heterocycles. The molecule has 0 bridgehead atoms. The summed E-state index contributed by atoms with van der Waals surface area (Å²) in [6, 6.07) is 8.86. The average Bonchev–Trinajstić information content (AvgIpc) is 3.00. The molecule has 0 saturated carbocycles. The normalized spacial score (nSPS) is 11.4. The monoisotopic (exact) mass is 354 g/mol. The van der Waals surface area contributed by atoms with Gasteiger partial charge in [-0.2, -0.15) is 5.10 Å². The van der Waals surface area contributed by atoms with E-state index in [4.69, 9.17) is 17.0 Å². The van der Waals surface area contributed by atoms with Crippen LogP contribution in [0, 0.1) is 5.41 Å². The van der Waals surface area contributed by atoms with Gasteiger partial charge in [-0.1, -0.05) is 23.7 Å². The first-order valence-corrected chi connectivity index (χ1v) is 7.80. The van der Waals surface area contributed by atoms with Gasteiger partial charge in [-0.15, -0.1) is 0 Å². The van der Waals surface area contributed by atoms with Gasteiger partial charge in [0.2, 0.25) is 0 Å². The summed E-state index contributed by atoms with van der Waals surface area (Å²) in [6.45, 7) is 1.61. The van der Waals surface area contributed by atoms with Gasteiger partial charge < -0.3 is 16.0 Å². The van der Waals surface area contributed by atoms with Crippen LogP contribution < -0.4 is 10.6 Å². The molecule has 3 rings (SSSR count). The molecule has 1 aromatic carbocycles. The van der Waals surface area contributed by atoms with Gasteiger partial charge in [-0.3, -0.25) is 4.79 Å². The number of para-hydroxylation sites is 1.